The maximum atomic E-state index is 10.7. The first kappa shape index (κ1) is 16.1. The number of nitroso groups, excluding NO2 is 2. The molecule has 2 N–H and O–H groups in total. The van der Waals surface area contributed by atoms with Gasteiger partial charge in [0.05, 0.1) is 18.2 Å². The highest BCUT2D eigenvalue weighted by Gasteiger charge is 2.35. The van der Waals surface area contributed by atoms with Crippen LogP contribution >= 0.6 is 0 Å². The van der Waals surface area contributed by atoms with Crippen molar-refractivity contribution in [3.63, 3.8) is 0 Å². The minimum Gasteiger partial charge on any atom is -0.391 e. The van der Waals surface area contributed by atoms with E-state index in [1.54, 1.807) is 13.8 Å². The molecule has 0 amide bonds. The van der Waals surface area contributed by atoms with Gasteiger partial charge in [0.15, 0.2) is 0 Å². The van der Waals surface area contributed by atoms with Crippen LogP contribution in [0.25, 0.3) is 0 Å². The molecular weight excluding hydrogens is 224 g/mol. The van der Waals surface area contributed by atoms with E-state index in [4.69, 9.17) is 0 Å². The molecule has 0 aromatic heterocycles. The molecular formula is C11H22N2O4. The summed E-state index contributed by atoms with van der Waals surface area (Å²) in [5.74, 6) is -0.489. The first-order valence-electron chi connectivity index (χ1n) is 6.04. The Morgan fingerprint density at radius 1 is 1.12 bits per heavy atom. The van der Waals surface area contributed by atoms with Gasteiger partial charge in [-0.05, 0) is 12.8 Å². The lowest BCUT2D eigenvalue weighted by Gasteiger charge is -2.28. The van der Waals surface area contributed by atoms with Gasteiger partial charge < -0.3 is 10.2 Å². The van der Waals surface area contributed by atoms with Crippen molar-refractivity contribution in [2.45, 2.75) is 64.3 Å². The third-order valence-electron chi connectivity index (χ3n) is 3.15. The van der Waals surface area contributed by atoms with Crippen LogP contribution in [0.2, 0.25) is 0 Å². The summed E-state index contributed by atoms with van der Waals surface area (Å²) in [7, 11) is 0. The van der Waals surface area contributed by atoms with Crippen molar-refractivity contribution < 1.29 is 10.2 Å². The molecule has 0 aliphatic heterocycles. The van der Waals surface area contributed by atoms with E-state index in [1.165, 1.54) is 0 Å². The zero-order chi connectivity index (χ0) is 13.4. The van der Waals surface area contributed by atoms with Gasteiger partial charge in [-0.2, -0.15) is 9.81 Å². The molecule has 0 saturated carbocycles. The predicted octanol–water partition coefficient (Wildman–Crippen LogP) is 1.82. The summed E-state index contributed by atoms with van der Waals surface area (Å²) in [5.41, 5.74) is 0. The van der Waals surface area contributed by atoms with Crippen LogP contribution in [-0.2, 0) is 0 Å². The molecule has 0 aliphatic rings. The lowest BCUT2D eigenvalue weighted by Crippen LogP contribution is -2.42. The third-order valence-corrected chi connectivity index (χ3v) is 3.15. The lowest BCUT2D eigenvalue weighted by atomic mass is 9.87. The van der Waals surface area contributed by atoms with Crippen molar-refractivity contribution in [2.24, 2.45) is 16.3 Å². The van der Waals surface area contributed by atoms with Gasteiger partial charge in [0.2, 0.25) is 0 Å². The van der Waals surface area contributed by atoms with E-state index in [9.17, 15) is 20.0 Å². The molecule has 2 unspecified atom stereocenters. The Morgan fingerprint density at radius 3 is 2.06 bits per heavy atom. The lowest BCUT2D eigenvalue weighted by molar-refractivity contribution is 0.0174. The maximum Gasteiger partial charge on any atom is 0.144 e. The van der Waals surface area contributed by atoms with E-state index in [0.717, 1.165) is 6.42 Å². The minimum absolute atomic E-state index is 0.327. The molecule has 0 spiro atoms. The van der Waals surface area contributed by atoms with Gasteiger partial charge in [-0.15, -0.1) is 0 Å². The average Bonchev–Trinajstić information content (AvgIpc) is 2.35. The van der Waals surface area contributed by atoms with E-state index in [1.807, 2.05) is 6.92 Å². The first-order chi connectivity index (χ1) is 8.03. The van der Waals surface area contributed by atoms with Crippen LogP contribution in [0, 0.1) is 15.7 Å². The van der Waals surface area contributed by atoms with Gasteiger partial charge in [0.25, 0.3) is 0 Å². The van der Waals surface area contributed by atoms with Crippen molar-refractivity contribution in [3.8, 4) is 0 Å². The Balaban J connectivity index is 4.68. The van der Waals surface area contributed by atoms with Crippen LogP contribution in [0.4, 0.5) is 0 Å². The van der Waals surface area contributed by atoms with Crippen LogP contribution in [0.15, 0.2) is 10.4 Å². The van der Waals surface area contributed by atoms with E-state index in [-0.39, 0.29) is 0 Å². The van der Waals surface area contributed by atoms with E-state index in [0.29, 0.717) is 12.8 Å². The topological polar surface area (TPSA) is 99.3 Å². The molecule has 0 fully saturated rings. The molecule has 5 atom stereocenters. The third kappa shape index (κ3) is 4.47. The number of aliphatic hydroxyl groups is 2. The monoisotopic (exact) mass is 246 g/mol. The number of aliphatic hydroxyl groups excluding tert-OH is 2. The van der Waals surface area contributed by atoms with Gasteiger partial charge >= 0.3 is 0 Å². The fraction of sp³-hybridized carbons (Fsp3) is 1.00. The highest BCUT2D eigenvalue weighted by atomic mass is 16.3. The highest BCUT2D eigenvalue weighted by Crippen LogP contribution is 2.22. The van der Waals surface area contributed by atoms with Gasteiger partial charge in [-0.3, -0.25) is 0 Å². The average molecular weight is 246 g/mol. The van der Waals surface area contributed by atoms with Gasteiger partial charge in [-0.1, -0.05) is 37.5 Å². The Kier molecular flexibility index (Phi) is 7.82. The normalized spacial score (nSPS) is 20.1. The number of hydrogen-bond acceptors (Lipinski definition) is 6. The number of nitrogens with zero attached hydrogens (tertiary/aromatic N) is 2. The molecule has 17 heavy (non-hydrogen) atoms. The molecule has 0 saturated heterocycles. The van der Waals surface area contributed by atoms with Crippen molar-refractivity contribution >= 4 is 0 Å². The van der Waals surface area contributed by atoms with Crippen LogP contribution in [0.3, 0.4) is 0 Å². The molecule has 0 aromatic carbocycles. The van der Waals surface area contributed by atoms with Crippen molar-refractivity contribution in [3.05, 3.63) is 9.81 Å². The molecule has 100 valence electrons. The van der Waals surface area contributed by atoms with Gasteiger partial charge in [0.1, 0.15) is 6.04 Å². The first-order valence-corrected chi connectivity index (χ1v) is 6.04. The Hall–Kier alpha value is -0.880. The van der Waals surface area contributed by atoms with Crippen LogP contribution in [-0.4, -0.2) is 34.5 Å². The van der Waals surface area contributed by atoms with Crippen LogP contribution < -0.4 is 0 Å². The minimum atomic E-state index is -1.14. The maximum absolute atomic E-state index is 10.7. The summed E-state index contributed by atoms with van der Waals surface area (Å²) in [4.78, 5) is 21.3. The Bertz CT molecular complexity index is 238. The largest absolute Gasteiger partial charge is 0.391 e. The predicted molar refractivity (Wildman–Crippen MR) is 65.5 cm³/mol. The summed E-state index contributed by atoms with van der Waals surface area (Å²) < 4.78 is 0. The fourth-order valence-electron chi connectivity index (χ4n) is 1.85. The smallest absolute Gasteiger partial charge is 0.144 e. The molecule has 0 heterocycles. The molecule has 0 bridgehead atoms. The van der Waals surface area contributed by atoms with Gasteiger partial charge in [-0.25, -0.2) is 0 Å². The molecule has 0 aliphatic carbocycles. The summed E-state index contributed by atoms with van der Waals surface area (Å²) in [5, 5.41) is 25.2. The molecule has 0 aromatic rings. The van der Waals surface area contributed by atoms with Crippen molar-refractivity contribution in [1.29, 1.82) is 0 Å². The summed E-state index contributed by atoms with van der Waals surface area (Å²) >= 11 is 0. The molecule has 0 rings (SSSR count). The van der Waals surface area contributed by atoms with E-state index < -0.39 is 30.2 Å². The second kappa shape index (κ2) is 8.25. The van der Waals surface area contributed by atoms with Crippen molar-refractivity contribution in [2.75, 3.05) is 0 Å². The second-order valence-corrected chi connectivity index (χ2v) is 4.38. The van der Waals surface area contributed by atoms with Gasteiger partial charge in [0, 0.05) is 5.92 Å². The molecule has 6 nitrogen and oxygen atoms in total. The zero-order valence-corrected chi connectivity index (χ0v) is 10.6. The van der Waals surface area contributed by atoms with E-state index >= 15 is 0 Å². The van der Waals surface area contributed by atoms with Crippen LogP contribution in [0.5, 0.6) is 0 Å². The number of hydrogen-bond donors (Lipinski definition) is 2. The number of rotatable bonds is 9. The standard InChI is InChI=1S/C11H22N2O4/c1-4-6-8(12-16)7(3)11(15)10(13-17)9(14)5-2/h7-11,14-15H,4-6H2,1-3H3/t7-,8+,9?,10-,11?/m1/s1. The summed E-state index contributed by atoms with van der Waals surface area (Å²) in [6.07, 6.45) is -0.485. The summed E-state index contributed by atoms with van der Waals surface area (Å²) in [6, 6.07) is -1.65. The Labute approximate surface area is 101 Å². The fourth-order valence-corrected chi connectivity index (χ4v) is 1.85. The Morgan fingerprint density at radius 2 is 1.71 bits per heavy atom. The quantitative estimate of drug-likeness (QED) is 0.606. The van der Waals surface area contributed by atoms with E-state index in [2.05, 4.69) is 10.4 Å². The summed E-state index contributed by atoms with van der Waals surface area (Å²) in [6.45, 7) is 5.25. The SMILES string of the molecule is CCC[C@H](N=O)[C@@H](C)C(O)[C@H](N=O)C(O)CC. The second-order valence-electron chi connectivity index (χ2n) is 4.38. The van der Waals surface area contributed by atoms with Crippen LogP contribution in [0.1, 0.15) is 40.0 Å². The molecule has 6 heteroatoms. The van der Waals surface area contributed by atoms with Crippen molar-refractivity contribution in [1.82, 2.24) is 0 Å². The zero-order valence-electron chi connectivity index (χ0n) is 10.6. The highest BCUT2D eigenvalue weighted by molar-refractivity contribution is 4.89. The molecule has 0 radical (unpaired) electrons.